The molecule has 0 spiro atoms. The molecule has 0 atom stereocenters. The monoisotopic (exact) mass is 239 g/mol. The predicted molar refractivity (Wildman–Crippen MR) is 66.9 cm³/mol. The van der Waals surface area contributed by atoms with Crippen LogP contribution in [-0.4, -0.2) is 16.5 Å². The minimum absolute atomic E-state index is 0.525. The van der Waals surface area contributed by atoms with Crippen molar-refractivity contribution < 1.29 is 0 Å². The molecule has 1 aliphatic rings. The molecule has 0 aromatic carbocycles. The molecule has 0 unspecified atom stereocenters. The third kappa shape index (κ3) is 3.63. The molecule has 1 saturated carbocycles. The van der Waals surface area contributed by atoms with Crippen molar-refractivity contribution in [2.75, 3.05) is 11.9 Å². The van der Waals surface area contributed by atoms with Gasteiger partial charge in [0.2, 0.25) is 0 Å². The molecule has 1 fully saturated rings. The molecular weight excluding hydrogens is 222 g/mol. The van der Waals surface area contributed by atoms with Crippen molar-refractivity contribution in [3.05, 3.63) is 17.0 Å². The van der Waals surface area contributed by atoms with Gasteiger partial charge in [0.25, 0.3) is 0 Å². The summed E-state index contributed by atoms with van der Waals surface area (Å²) in [6, 6.07) is 1.79. The van der Waals surface area contributed by atoms with E-state index in [0.717, 1.165) is 30.5 Å². The molecule has 1 N–H and O–H groups in total. The van der Waals surface area contributed by atoms with Crippen LogP contribution in [0.15, 0.2) is 6.07 Å². The van der Waals surface area contributed by atoms with Gasteiger partial charge < -0.3 is 5.32 Å². The van der Waals surface area contributed by atoms with Crippen LogP contribution in [0.5, 0.6) is 0 Å². The van der Waals surface area contributed by atoms with E-state index in [9.17, 15) is 0 Å². The zero-order valence-corrected chi connectivity index (χ0v) is 10.4. The van der Waals surface area contributed by atoms with Crippen LogP contribution in [0.25, 0.3) is 0 Å². The highest BCUT2D eigenvalue weighted by atomic mass is 35.5. The lowest BCUT2D eigenvalue weighted by Gasteiger charge is -2.06. The van der Waals surface area contributed by atoms with Crippen LogP contribution in [0.1, 0.15) is 38.4 Å². The largest absolute Gasteiger partial charge is 0.370 e. The van der Waals surface area contributed by atoms with Gasteiger partial charge in [-0.3, -0.25) is 0 Å². The molecule has 0 amide bonds. The molecule has 3 nitrogen and oxygen atoms in total. The summed E-state index contributed by atoms with van der Waals surface area (Å²) in [5.41, 5.74) is 0. The van der Waals surface area contributed by atoms with E-state index < -0.39 is 0 Å². The average Bonchev–Trinajstić information content (AvgIpc) is 3.07. The van der Waals surface area contributed by atoms with E-state index in [1.807, 2.05) is 6.92 Å². The van der Waals surface area contributed by atoms with Crippen LogP contribution < -0.4 is 5.32 Å². The summed E-state index contributed by atoms with van der Waals surface area (Å²) in [6.07, 6.45) is 6.23. The normalized spacial score (nSPS) is 15.1. The number of anilines is 1. The molecule has 2 rings (SSSR count). The lowest BCUT2D eigenvalue weighted by molar-refractivity contribution is 0.686. The quantitative estimate of drug-likeness (QED) is 0.612. The Kier molecular flexibility index (Phi) is 3.99. The third-order valence-electron chi connectivity index (χ3n) is 2.85. The van der Waals surface area contributed by atoms with Crippen LogP contribution in [-0.2, 0) is 6.42 Å². The van der Waals surface area contributed by atoms with Gasteiger partial charge in [-0.25, -0.2) is 9.97 Å². The fraction of sp³-hybridized carbons (Fsp3) is 0.667. The molecule has 88 valence electrons. The van der Waals surface area contributed by atoms with E-state index >= 15 is 0 Å². The van der Waals surface area contributed by atoms with E-state index in [1.165, 1.54) is 25.7 Å². The number of hydrogen-bond acceptors (Lipinski definition) is 3. The molecular formula is C12H18ClN3. The molecule has 16 heavy (non-hydrogen) atoms. The fourth-order valence-corrected chi connectivity index (χ4v) is 1.93. The first-order valence-electron chi connectivity index (χ1n) is 6.05. The van der Waals surface area contributed by atoms with Gasteiger partial charge in [-0.05, 0) is 18.8 Å². The lowest BCUT2D eigenvalue weighted by atomic mass is 10.2. The highest BCUT2D eigenvalue weighted by Gasteiger charge is 2.19. The first kappa shape index (κ1) is 11.6. The van der Waals surface area contributed by atoms with Crippen molar-refractivity contribution in [3.8, 4) is 0 Å². The van der Waals surface area contributed by atoms with E-state index in [-0.39, 0.29) is 0 Å². The SMILES string of the molecule is CCc1nc(Cl)cc(NCCCC2CC2)n1. The first-order chi connectivity index (χ1) is 7.78. The lowest BCUT2D eigenvalue weighted by Crippen LogP contribution is -2.06. The van der Waals surface area contributed by atoms with E-state index in [0.29, 0.717) is 5.15 Å². The molecule has 0 aliphatic heterocycles. The molecule has 1 aliphatic carbocycles. The number of aromatic nitrogens is 2. The zero-order valence-electron chi connectivity index (χ0n) is 9.67. The molecule has 0 saturated heterocycles. The van der Waals surface area contributed by atoms with Crippen LogP contribution in [0, 0.1) is 5.92 Å². The Bertz CT molecular complexity index is 350. The molecule has 0 radical (unpaired) electrons. The highest BCUT2D eigenvalue weighted by molar-refractivity contribution is 6.29. The molecule has 4 heteroatoms. The Morgan fingerprint density at radius 1 is 1.44 bits per heavy atom. The van der Waals surface area contributed by atoms with Gasteiger partial charge in [-0.2, -0.15) is 0 Å². The first-order valence-corrected chi connectivity index (χ1v) is 6.43. The van der Waals surface area contributed by atoms with Gasteiger partial charge in [0.05, 0.1) is 0 Å². The number of nitrogens with one attached hydrogen (secondary N) is 1. The van der Waals surface area contributed by atoms with Crippen LogP contribution in [0.4, 0.5) is 5.82 Å². The number of aryl methyl sites for hydroxylation is 1. The number of hydrogen-bond donors (Lipinski definition) is 1. The highest BCUT2D eigenvalue weighted by Crippen LogP contribution is 2.33. The summed E-state index contributed by atoms with van der Waals surface area (Å²) < 4.78 is 0. The smallest absolute Gasteiger partial charge is 0.134 e. The maximum absolute atomic E-state index is 5.91. The second-order valence-electron chi connectivity index (χ2n) is 4.36. The minimum atomic E-state index is 0.525. The summed E-state index contributed by atoms with van der Waals surface area (Å²) in [4.78, 5) is 8.51. The Morgan fingerprint density at radius 2 is 2.25 bits per heavy atom. The Morgan fingerprint density at radius 3 is 2.94 bits per heavy atom. The maximum atomic E-state index is 5.91. The van der Waals surface area contributed by atoms with E-state index in [4.69, 9.17) is 11.6 Å². The second kappa shape index (κ2) is 5.48. The fourth-order valence-electron chi connectivity index (χ4n) is 1.73. The number of nitrogens with zero attached hydrogens (tertiary/aromatic N) is 2. The van der Waals surface area contributed by atoms with Crippen molar-refractivity contribution in [1.82, 2.24) is 9.97 Å². The Hall–Kier alpha value is -0.830. The van der Waals surface area contributed by atoms with Crippen molar-refractivity contribution in [1.29, 1.82) is 0 Å². The topological polar surface area (TPSA) is 37.8 Å². The van der Waals surface area contributed by atoms with E-state index in [2.05, 4.69) is 15.3 Å². The van der Waals surface area contributed by atoms with Crippen LogP contribution in [0.3, 0.4) is 0 Å². The second-order valence-corrected chi connectivity index (χ2v) is 4.75. The van der Waals surface area contributed by atoms with Crippen molar-refractivity contribution >= 4 is 17.4 Å². The molecule has 0 bridgehead atoms. The summed E-state index contributed by atoms with van der Waals surface area (Å²) in [5.74, 6) is 2.66. The number of rotatable bonds is 6. The van der Waals surface area contributed by atoms with Crippen molar-refractivity contribution in [2.45, 2.75) is 39.0 Å². The van der Waals surface area contributed by atoms with Gasteiger partial charge in [-0.1, -0.05) is 31.4 Å². The van der Waals surface area contributed by atoms with Crippen molar-refractivity contribution in [2.24, 2.45) is 5.92 Å². The molecule has 1 aromatic heterocycles. The van der Waals surface area contributed by atoms with Gasteiger partial charge in [0.1, 0.15) is 16.8 Å². The van der Waals surface area contributed by atoms with Crippen molar-refractivity contribution in [3.63, 3.8) is 0 Å². The predicted octanol–water partition coefficient (Wildman–Crippen LogP) is 3.29. The van der Waals surface area contributed by atoms with Gasteiger partial charge in [0.15, 0.2) is 0 Å². The molecule has 1 heterocycles. The summed E-state index contributed by atoms with van der Waals surface area (Å²) in [7, 11) is 0. The van der Waals surface area contributed by atoms with Gasteiger partial charge in [0, 0.05) is 19.0 Å². The third-order valence-corrected chi connectivity index (χ3v) is 3.04. The average molecular weight is 240 g/mol. The summed E-state index contributed by atoms with van der Waals surface area (Å²) in [6.45, 7) is 3.01. The summed E-state index contributed by atoms with van der Waals surface area (Å²) in [5, 5.41) is 3.83. The maximum Gasteiger partial charge on any atom is 0.134 e. The van der Waals surface area contributed by atoms with Gasteiger partial charge >= 0.3 is 0 Å². The van der Waals surface area contributed by atoms with E-state index in [1.54, 1.807) is 6.07 Å². The zero-order chi connectivity index (χ0) is 11.4. The minimum Gasteiger partial charge on any atom is -0.370 e. The summed E-state index contributed by atoms with van der Waals surface area (Å²) >= 11 is 5.91. The standard InChI is InChI=1S/C12H18ClN3/c1-2-11-15-10(13)8-12(16-11)14-7-3-4-9-5-6-9/h8-9H,2-7H2,1H3,(H,14,15,16). The van der Waals surface area contributed by atoms with Crippen LogP contribution in [0.2, 0.25) is 5.15 Å². The number of halogens is 1. The Labute approximate surface area is 102 Å². The Balaban J connectivity index is 1.80. The van der Waals surface area contributed by atoms with Crippen LogP contribution >= 0.6 is 11.6 Å². The molecule has 1 aromatic rings. The van der Waals surface area contributed by atoms with Gasteiger partial charge in [-0.15, -0.1) is 0 Å².